The van der Waals surface area contributed by atoms with E-state index in [0.29, 0.717) is 0 Å². The molecule has 0 heterocycles. The Balaban J connectivity index is 2.73. The van der Waals surface area contributed by atoms with E-state index >= 15 is 0 Å². The summed E-state index contributed by atoms with van der Waals surface area (Å²) in [4.78, 5) is 0. The highest BCUT2D eigenvalue weighted by molar-refractivity contribution is 5.15. The van der Waals surface area contributed by atoms with Gasteiger partial charge in [-0.3, -0.25) is 4.48 Å². The van der Waals surface area contributed by atoms with Gasteiger partial charge >= 0.3 is 0 Å². The number of rotatable bonds is 1. The third kappa shape index (κ3) is 1.71. The van der Waals surface area contributed by atoms with Crippen molar-refractivity contribution in [3.63, 3.8) is 0 Å². The first kappa shape index (κ1) is 7.55. The fraction of sp³-hybridized carbons (Fsp3) is 0.556. The van der Waals surface area contributed by atoms with Crippen LogP contribution in [0.25, 0.3) is 0 Å². The van der Waals surface area contributed by atoms with Crippen molar-refractivity contribution in [2.45, 2.75) is 12.8 Å². The van der Waals surface area contributed by atoms with Crippen molar-refractivity contribution < 1.29 is 4.48 Å². The molecular weight excluding hydrogens is 122 g/mol. The monoisotopic (exact) mass is 138 g/mol. The summed E-state index contributed by atoms with van der Waals surface area (Å²) in [5.41, 5.74) is 1.42. The van der Waals surface area contributed by atoms with Crippen LogP contribution in [0.3, 0.4) is 0 Å². The second-order valence-corrected chi connectivity index (χ2v) is 3.62. The van der Waals surface area contributed by atoms with Gasteiger partial charge in [-0.05, 0) is 25.0 Å². The number of hydrogen-bond acceptors (Lipinski definition) is 0. The van der Waals surface area contributed by atoms with Gasteiger partial charge in [0.2, 0.25) is 0 Å². The first-order valence-electron chi connectivity index (χ1n) is 3.79. The summed E-state index contributed by atoms with van der Waals surface area (Å²) in [7, 11) is 6.59. The van der Waals surface area contributed by atoms with Crippen LogP contribution >= 0.6 is 0 Å². The van der Waals surface area contributed by atoms with Crippen molar-refractivity contribution in [3.05, 3.63) is 23.9 Å². The van der Waals surface area contributed by atoms with Gasteiger partial charge < -0.3 is 0 Å². The van der Waals surface area contributed by atoms with E-state index in [0.717, 1.165) is 4.48 Å². The number of hydrogen-bond donors (Lipinski definition) is 0. The smallest absolute Gasteiger partial charge is 0.127 e. The predicted octanol–water partition coefficient (Wildman–Crippen LogP) is 1.93. The van der Waals surface area contributed by atoms with Gasteiger partial charge in [-0.25, -0.2) is 0 Å². The van der Waals surface area contributed by atoms with Gasteiger partial charge in [0.15, 0.2) is 0 Å². The number of allylic oxidation sites excluding steroid dienone is 3. The normalized spacial score (nSPS) is 18.9. The summed E-state index contributed by atoms with van der Waals surface area (Å²) in [5.74, 6) is 0. The lowest BCUT2D eigenvalue weighted by atomic mass is 10.1. The van der Waals surface area contributed by atoms with E-state index in [4.69, 9.17) is 0 Å². The van der Waals surface area contributed by atoms with Crippen molar-refractivity contribution in [2.75, 3.05) is 21.1 Å². The van der Waals surface area contributed by atoms with Gasteiger partial charge in [-0.2, -0.15) is 0 Å². The molecule has 0 radical (unpaired) electrons. The molecule has 0 N–H and O–H groups in total. The highest BCUT2D eigenvalue weighted by Gasteiger charge is 2.13. The van der Waals surface area contributed by atoms with Crippen LogP contribution in [0, 0.1) is 0 Å². The molecule has 0 bridgehead atoms. The highest BCUT2D eigenvalue weighted by atomic mass is 15.3. The van der Waals surface area contributed by atoms with Gasteiger partial charge in [0, 0.05) is 0 Å². The Morgan fingerprint density at radius 1 is 1.20 bits per heavy atom. The summed E-state index contributed by atoms with van der Waals surface area (Å²) in [6.07, 6.45) is 9.22. The Kier molecular flexibility index (Phi) is 1.95. The van der Waals surface area contributed by atoms with E-state index in [1.807, 2.05) is 0 Å². The van der Waals surface area contributed by atoms with Crippen molar-refractivity contribution in [3.8, 4) is 0 Å². The van der Waals surface area contributed by atoms with E-state index in [9.17, 15) is 0 Å². The maximum atomic E-state index is 2.32. The highest BCUT2D eigenvalue weighted by Crippen LogP contribution is 2.15. The third-order valence-electron chi connectivity index (χ3n) is 1.75. The predicted molar refractivity (Wildman–Crippen MR) is 44.5 cm³/mol. The van der Waals surface area contributed by atoms with Gasteiger partial charge in [-0.1, -0.05) is 6.08 Å². The molecule has 0 aromatic carbocycles. The van der Waals surface area contributed by atoms with Crippen molar-refractivity contribution in [2.24, 2.45) is 0 Å². The van der Waals surface area contributed by atoms with E-state index in [1.54, 1.807) is 0 Å². The molecule has 0 saturated carbocycles. The zero-order chi connectivity index (χ0) is 7.61. The number of nitrogens with zero attached hydrogens (tertiary/aromatic N) is 1. The molecule has 0 unspecified atom stereocenters. The Bertz CT molecular complexity index is 170. The third-order valence-corrected chi connectivity index (χ3v) is 1.75. The van der Waals surface area contributed by atoms with Crippen LogP contribution in [-0.2, 0) is 0 Å². The standard InChI is InChI=1S/C9H16N/c1-10(2,3)9-7-5-4-6-8-9/h5,7-8H,4,6H2,1-3H3/q+1. The quantitative estimate of drug-likeness (QED) is 0.486. The van der Waals surface area contributed by atoms with Crippen LogP contribution in [-0.4, -0.2) is 25.6 Å². The van der Waals surface area contributed by atoms with Gasteiger partial charge in [0.1, 0.15) is 5.70 Å². The summed E-state index contributed by atoms with van der Waals surface area (Å²) >= 11 is 0. The molecule has 1 aliphatic rings. The van der Waals surface area contributed by atoms with Crippen LogP contribution < -0.4 is 0 Å². The first-order chi connectivity index (χ1) is 4.61. The van der Waals surface area contributed by atoms with E-state index in [2.05, 4.69) is 39.4 Å². The molecule has 0 saturated heterocycles. The van der Waals surface area contributed by atoms with Gasteiger partial charge in [0.05, 0.1) is 21.1 Å². The topological polar surface area (TPSA) is 0 Å². The molecule has 10 heavy (non-hydrogen) atoms. The first-order valence-corrected chi connectivity index (χ1v) is 3.79. The lowest BCUT2D eigenvalue weighted by Crippen LogP contribution is -2.32. The Hall–Kier alpha value is -0.560. The zero-order valence-corrected chi connectivity index (χ0v) is 7.09. The molecule has 1 heteroatoms. The molecule has 0 amide bonds. The molecular formula is C9H16N+. The number of quaternary nitrogens is 1. The van der Waals surface area contributed by atoms with Crippen LogP contribution in [0.15, 0.2) is 23.9 Å². The fourth-order valence-electron chi connectivity index (χ4n) is 1.10. The van der Waals surface area contributed by atoms with Crippen LogP contribution in [0.2, 0.25) is 0 Å². The van der Waals surface area contributed by atoms with Crippen LogP contribution in [0.4, 0.5) is 0 Å². The molecule has 1 aliphatic carbocycles. The van der Waals surface area contributed by atoms with Gasteiger partial charge in [-0.15, -0.1) is 0 Å². The zero-order valence-electron chi connectivity index (χ0n) is 7.09. The van der Waals surface area contributed by atoms with E-state index < -0.39 is 0 Å². The molecule has 0 aromatic rings. The Morgan fingerprint density at radius 2 is 1.90 bits per heavy atom. The lowest BCUT2D eigenvalue weighted by Gasteiger charge is -2.25. The number of likely N-dealkylation sites (N-methyl/N-ethyl adjacent to an activating group) is 1. The average Bonchev–Trinajstić information content (AvgIpc) is 1.88. The average molecular weight is 138 g/mol. The molecule has 0 aliphatic heterocycles. The van der Waals surface area contributed by atoms with Gasteiger partial charge in [0.25, 0.3) is 0 Å². The molecule has 0 spiro atoms. The van der Waals surface area contributed by atoms with E-state index in [1.165, 1.54) is 18.5 Å². The minimum absolute atomic E-state index is 0.941. The largest absolute Gasteiger partial charge is 0.299 e. The summed E-state index contributed by atoms with van der Waals surface area (Å²) in [6.45, 7) is 0. The second-order valence-electron chi connectivity index (χ2n) is 3.62. The summed E-state index contributed by atoms with van der Waals surface area (Å²) in [5, 5.41) is 0. The molecule has 56 valence electrons. The summed E-state index contributed by atoms with van der Waals surface area (Å²) < 4.78 is 0.941. The summed E-state index contributed by atoms with van der Waals surface area (Å²) in [6, 6.07) is 0. The molecule has 0 atom stereocenters. The van der Waals surface area contributed by atoms with Crippen molar-refractivity contribution in [1.29, 1.82) is 0 Å². The van der Waals surface area contributed by atoms with Crippen molar-refractivity contribution >= 4 is 0 Å². The molecule has 1 nitrogen and oxygen atoms in total. The molecule has 1 rings (SSSR count). The van der Waals surface area contributed by atoms with Crippen LogP contribution in [0.5, 0.6) is 0 Å². The Labute approximate surface area is 63.2 Å². The SMILES string of the molecule is C[N+](C)(C)C1=CCCC=C1. The second kappa shape index (κ2) is 2.59. The van der Waals surface area contributed by atoms with Crippen molar-refractivity contribution in [1.82, 2.24) is 0 Å². The molecule has 0 aromatic heterocycles. The minimum Gasteiger partial charge on any atom is -0.299 e. The maximum absolute atomic E-state index is 2.32. The minimum atomic E-state index is 0.941. The fourth-order valence-corrected chi connectivity index (χ4v) is 1.10. The molecule has 0 fully saturated rings. The Morgan fingerprint density at radius 3 is 2.20 bits per heavy atom. The maximum Gasteiger partial charge on any atom is 0.127 e. The van der Waals surface area contributed by atoms with Crippen LogP contribution in [0.1, 0.15) is 12.8 Å². The van der Waals surface area contributed by atoms with E-state index in [-0.39, 0.29) is 0 Å². The lowest BCUT2D eigenvalue weighted by molar-refractivity contribution is -0.828.